The Morgan fingerprint density at radius 1 is 1.75 bits per heavy atom. The van der Waals surface area contributed by atoms with E-state index in [0.29, 0.717) is 0 Å². The highest BCUT2D eigenvalue weighted by Crippen LogP contribution is 2.02. The number of rotatable bonds is 2. The predicted molar refractivity (Wildman–Crippen MR) is 41.8 cm³/mol. The second kappa shape index (κ2) is 3.25. The number of esters is 1. The molecule has 0 aliphatic heterocycles. The number of nitrogens with zero attached hydrogens (tertiary/aromatic N) is 1. The van der Waals surface area contributed by atoms with Gasteiger partial charge in [-0.2, -0.15) is 0 Å². The molecule has 1 aromatic rings. The number of hydrogen-bond donors (Lipinski definition) is 1. The zero-order valence-corrected chi connectivity index (χ0v) is 6.90. The molecule has 0 aliphatic carbocycles. The van der Waals surface area contributed by atoms with Crippen LogP contribution in [0.2, 0.25) is 0 Å². The average molecular weight is 170 g/mol. The number of methoxy groups -OCH3 is 1. The quantitative estimate of drug-likeness (QED) is 0.631. The molecule has 1 atom stereocenters. The molecule has 0 bridgehead atoms. The van der Waals surface area contributed by atoms with Crippen molar-refractivity contribution in [2.24, 2.45) is 0 Å². The van der Waals surface area contributed by atoms with Crippen LogP contribution in [0, 0.1) is 0 Å². The van der Waals surface area contributed by atoms with E-state index in [9.17, 15) is 9.59 Å². The normalized spacial score (nSPS) is 12.5. The molecule has 0 radical (unpaired) electrons. The van der Waals surface area contributed by atoms with Gasteiger partial charge in [-0.15, -0.1) is 0 Å². The van der Waals surface area contributed by atoms with Crippen molar-refractivity contribution < 1.29 is 9.53 Å². The molecule has 1 rings (SSSR count). The molecule has 0 spiro atoms. The summed E-state index contributed by atoms with van der Waals surface area (Å²) in [5.41, 5.74) is -0.312. The van der Waals surface area contributed by atoms with Gasteiger partial charge >= 0.3 is 11.7 Å². The van der Waals surface area contributed by atoms with Crippen molar-refractivity contribution >= 4 is 5.97 Å². The van der Waals surface area contributed by atoms with Crippen LogP contribution in [0.4, 0.5) is 0 Å². The Morgan fingerprint density at radius 3 is 2.83 bits per heavy atom. The Balaban J connectivity index is 2.92. The van der Waals surface area contributed by atoms with Gasteiger partial charge in [-0.25, -0.2) is 9.59 Å². The summed E-state index contributed by atoms with van der Waals surface area (Å²) in [6.07, 6.45) is 2.98. The number of aromatic nitrogens is 2. The van der Waals surface area contributed by atoms with E-state index in [1.165, 1.54) is 24.1 Å². The van der Waals surface area contributed by atoms with Crippen molar-refractivity contribution in [3.8, 4) is 0 Å². The molecule has 1 aromatic heterocycles. The molecule has 0 saturated carbocycles. The number of hydrogen-bond acceptors (Lipinski definition) is 3. The fourth-order valence-electron chi connectivity index (χ4n) is 0.920. The Hall–Kier alpha value is -1.52. The van der Waals surface area contributed by atoms with Crippen molar-refractivity contribution in [1.29, 1.82) is 0 Å². The van der Waals surface area contributed by atoms with Gasteiger partial charge in [0.15, 0.2) is 0 Å². The van der Waals surface area contributed by atoms with E-state index in [1.54, 1.807) is 6.92 Å². The maximum atomic E-state index is 11.0. The highest BCUT2D eigenvalue weighted by Gasteiger charge is 2.15. The number of aromatic amines is 1. The second-order valence-electron chi connectivity index (χ2n) is 2.37. The van der Waals surface area contributed by atoms with Crippen LogP contribution >= 0.6 is 0 Å². The highest BCUT2D eigenvalue weighted by atomic mass is 16.5. The largest absolute Gasteiger partial charge is 0.467 e. The summed E-state index contributed by atoms with van der Waals surface area (Å²) in [7, 11) is 1.29. The van der Waals surface area contributed by atoms with Crippen LogP contribution in [0.15, 0.2) is 17.2 Å². The van der Waals surface area contributed by atoms with Gasteiger partial charge < -0.3 is 9.72 Å². The van der Waals surface area contributed by atoms with Crippen molar-refractivity contribution in [3.05, 3.63) is 22.9 Å². The third-order valence-electron chi connectivity index (χ3n) is 1.64. The molecule has 0 aliphatic rings. The fourth-order valence-corrected chi connectivity index (χ4v) is 0.920. The lowest BCUT2D eigenvalue weighted by molar-refractivity contribution is -0.144. The Bertz CT molecular complexity index is 325. The fraction of sp³-hybridized carbons (Fsp3) is 0.429. The summed E-state index contributed by atoms with van der Waals surface area (Å²) in [5, 5.41) is 0. The molecule has 1 heterocycles. The molecule has 1 unspecified atom stereocenters. The maximum absolute atomic E-state index is 11.0. The van der Waals surface area contributed by atoms with Crippen LogP contribution in [0.1, 0.15) is 13.0 Å². The lowest BCUT2D eigenvalue weighted by Crippen LogP contribution is -2.26. The molecule has 0 aromatic carbocycles. The number of nitrogens with one attached hydrogen (secondary N) is 1. The van der Waals surface area contributed by atoms with Gasteiger partial charge in [0.05, 0.1) is 7.11 Å². The summed E-state index contributed by atoms with van der Waals surface area (Å²) < 4.78 is 5.75. The van der Waals surface area contributed by atoms with Gasteiger partial charge in [-0.3, -0.25) is 4.57 Å². The first-order valence-corrected chi connectivity index (χ1v) is 3.50. The lowest BCUT2D eigenvalue weighted by atomic mass is 10.3. The van der Waals surface area contributed by atoms with E-state index in [4.69, 9.17) is 0 Å². The molecule has 5 nitrogen and oxygen atoms in total. The van der Waals surface area contributed by atoms with E-state index in [-0.39, 0.29) is 5.69 Å². The van der Waals surface area contributed by atoms with Crippen molar-refractivity contribution in [3.63, 3.8) is 0 Å². The molecule has 5 heteroatoms. The van der Waals surface area contributed by atoms with Gasteiger partial charge in [0.1, 0.15) is 6.04 Å². The molecule has 0 fully saturated rings. The number of carbonyl (C=O) groups is 1. The zero-order chi connectivity index (χ0) is 9.14. The predicted octanol–water partition coefficient (Wildman–Crippen LogP) is -0.0896. The second-order valence-corrected chi connectivity index (χ2v) is 2.37. The first kappa shape index (κ1) is 8.58. The van der Waals surface area contributed by atoms with Gasteiger partial charge in [-0.05, 0) is 6.92 Å². The van der Waals surface area contributed by atoms with Gasteiger partial charge in [0, 0.05) is 12.4 Å². The number of H-pyrrole nitrogens is 1. The van der Waals surface area contributed by atoms with Gasteiger partial charge in [0.2, 0.25) is 0 Å². The molecular formula is C7H10N2O3. The first-order chi connectivity index (χ1) is 5.66. The third kappa shape index (κ3) is 1.39. The van der Waals surface area contributed by atoms with E-state index in [2.05, 4.69) is 9.72 Å². The molecule has 0 saturated heterocycles. The number of imidazole rings is 1. The van der Waals surface area contributed by atoms with E-state index in [1.807, 2.05) is 0 Å². The van der Waals surface area contributed by atoms with E-state index in [0.717, 1.165) is 0 Å². The third-order valence-corrected chi connectivity index (χ3v) is 1.64. The van der Waals surface area contributed by atoms with E-state index < -0.39 is 12.0 Å². The number of carbonyl (C=O) groups excluding carboxylic acids is 1. The smallest absolute Gasteiger partial charge is 0.328 e. The molecule has 1 N–H and O–H groups in total. The summed E-state index contributed by atoms with van der Waals surface area (Å²) in [4.78, 5) is 24.4. The summed E-state index contributed by atoms with van der Waals surface area (Å²) in [6.45, 7) is 1.60. The topological polar surface area (TPSA) is 64.1 Å². The van der Waals surface area contributed by atoms with Crippen LogP contribution in [0.3, 0.4) is 0 Å². The zero-order valence-electron chi connectivity index (χ0n) is 6.90. The minimum absolute atomic E-state index is 0.312. The number of ether oxygens (including phenoxy) is 1. The minimum atomic E-state index is -0.575. The first-order valence-electron chi connectivity index (χ1n) is 3.50. The SMILES string of the molecule is COC(=O)C(C)n1cc[nH]c1=O. The summed E-state index contributed by atoms with van der Waals surface area (Å²) in [5.74, 6) is -0.434. The standard InChI is InChI=1S/C7H10N2O3/c1-5(6(10)12-2)9-4-3-8-7(9)11/h3-5H,1-2H3,(H,8,11). The maximum Gasteiger partial charge on any atom is 0.328 e. The molecular weight excluding hydrogens is 160 g/mol. The molecule has 0 amide bonds. The molecule has 12 heavy (non-hydrogen) atoms. The van der Waals surface area contributed by atoms with Crippen LogP contribution in [0.5, 0.6) is 0 Å². The van der Waals surface area contributed by atoms with Gasteiger partial charge in [0.25, 0.3) is 0 Å². The van der Waals surface area contributed by atoms with Gasteiger partial charge in [-0.1, -0.05) is 0 Å². The van der Waals surface area contributed by atoms with Crippen molar-refractivity contribution in [1.82, 2.24) is 9.55 Å². The van der Waals surface area contributed by atoms with Crippen molar-refractivity contribution in [2.45, 2.75) is 13.0 Å². The minimum Gasteiger partial charge on any atom is -0.467 e. The Morgan fingerprint density at radius 2 is 2.42 bits per heavy atom. The highest BCUT2D eigenvalue weighted by molar-refractivity contribution is 5.73. The lowest BCUT2D eigenvalue weighted by Gasteiger charge is -2.08. The Kier molecular flexibility index (Phi) is 2.32. The summed E-state index contributed by atoms with van der Waals surface area (Å²) in [6, 6.07) is -0.575. The average Bonchev–Trinajstić information content (AvgIpc) is 2.48. The summed E-state index contributed by atoms with van der Waals surface area (Å²) >= 11 is 0. The van der Waals surface area contributed by atoms with Crippen LogP contribution in [0.25, 0.3) is 0 Å². The Labute approximate surface area is 69.0 Å². The van der Waals surface area contributed by atoms with Crippen LogP contribution in [-0.2, 0) is 9.53 Å². The van der Waals surface area contributed by atoms with Crippen LogP contribution in [-0.4, -0.2) is 22.6 Å². The molecule has 66 valence electrons. The van der Waals surface area contributed by atoms with E-state index >= 15 is 0 Å². The van der Waals surface area contributed by atoms with Crippen LogP contribution < -0.4 is 5.69 Å². The monoisotopic (exact) mass is 170 g/mol. The van der Waals surface area contributed by atoms with Crippen molar-refractivity contribution in [2.75, 3.05) is 7.11 Å².